The first kappa shape index (κ1) is 18.6. The summed E-state index contributed by atoms with van der Waals surface area (Å²) in [7, 11) is 0. The quantitative estimate of drug-likeness (QED) is 0.851. The van der Waals surface area contributed by atoms with Gasteiger partial charge in [-0.1, -0.05) is 11.6 Å². The van der Waals surface area contributed by atoms with Gasteiger partial charge in [0.05, 0.1) is 4.47 Å². The van der Waals surface area contributed by atoms with Gasteiger partial charge >= 0.3 is 0 Å². The lowest BCUT2D eigenvalue weighted by atomic mass is 10.2. The Morgan fingerprint density at radius 1 is 1.57 bits per heavy atom. The average molecular weight is 398 g/mol. The van der Waals surface area contributed by atoms with Crippen LogP contribution in [0.3, 0.4) is 0 Å². The SMILES string of the molecule is CC(Oc1ccc(Cl)cc1Br)C(=O)N1CCNC[C@@H]1C.Cl. The molecule has 0 spiro atoms. The molecule has 1 fully saturated rings. The molecule has 1 aromatic carbocycles. The molecule has 21 heavy (non-hydrogen) atoms. The first-order chi connectivity index (χ1) is 9.49. The number of hydrogen-bond donors (Lipinski definition) is 1. The smallest absolute Gasteiger partial charge is 0.263 e. The highest BCUT2D eigenvalue weighted by molar-refractivity contribution is 9.10. The highest BCUT2D eigenvalue weighted by Gasteiger charge is 2.28. The number of carbonyl (C=O) groups is 1. The second-order valence-electron chi connectivity index (χ2n) is 4.92. The Balaban J connectivity index is 0.00000220. The van der Waals surface area contributed by atoms with Gasteiger partial charge in [-0.3, -0.25) is 4.79 Å². The van der Waals surface area contributed by atoms with Crippen LogP contribution in [0.25, 0.3) is 0 Å². The number of halogens is 3. The van der Waals surface area contributed by atoms with Gasteiger partial charge in [-0.05, 0) is 48.0 Å². The lowest BCUT2D eigenvalue weighted by molar-refractivity contribution is -0.140. The summed E-state index contributed by atoms with van der Waals surface area (Å²) in [5.74, 6) is 0.638. The predicted octanol–water partition coefficient (Wildman–Crippen LogP) is 3.11. The zero-order chi connectivity index (χ0) is 14.7. The summed E-state index contributed by atoms with van der Waals surface area (Å²) in [6.45, 7) is 6.18. The molecule has 0 aliphatic carbocycles. The minimum atomic E-state index is -0.520. The number of carbonyl (C=O) groups excluding carboxylic acids is 1. The van der Waals surface area contributed by atoms with Gasteiger partial charge in [-0.25, -0.2) is 0 Å². The minimum Gasteiger partial charge on any atom is -0.480 e. The average Bonchev–Trinajstić information content (AvgIpc) is 2.41. The summed E-state index contributed by atoms with van der Waals surface area (Å²) in [5.41, 5.74) is 0. The minimum absolute atomic E-state index is 0. The van der Waals surface area contributed by atoms with Gasteiger partial charge in [0.2, 0.25) is 0 Å². The third-order valence-electron chi connectivity index (χ3n) is 3.33. The Bertz CT molecular complexity index is 502. The first-order valence-corrected chi connectivity index (χ1v) is 7.79. The molecule has 1 aliphatic rings. The Kier molecular flexibility index (Phi) is 7.27. The first-order valence-electron chi connectivity index (χ1n) is 6.62. The van der Waals surface area contributed by atoms with Gasteiger partial charge in [0.25, 0.3) is 5.91 Å². The van der Waals surface area contributed by atoms with Crippen LogP contribution in [0.5, 0.6) is 5.75 Å². The van der Waals surface area contributed by atoms with E-state index in [1.165, 1.54) is 0 Å². The largest absolute Gasteiger partial charge is 0.480 e. The van der Waals surface area contributed by atoms with Crippen molar-refractivity contribution in [3.63, 3.8) is 0 Å². The molecule has 1 N–H and O–H groups in total. The van der Waals surface area contributed by atoms with Crippen LogP contribution in [-0.2, 0) is 4.79 Å². The maximum atomic E-state index is 12.4. The molecule has 2 rings (SSSR count). The fraction of sp³-hybridized carbons (Fsp3) is 0.500. The zero-order valence-corrected chi connectivity index (χ0v) is 15.1. The van der Waals surface area contributed by atoms with Crippen molar-refractivity contribution in [1.29, 1.82) is 0 Å². The number of ether oxygens (including phenoxy) is 1. The Morgan fingerprint density at radius 3 is 2.90 bits per heavy atom. The predicted molar refractivity (Wildman–Crippen MR) is 90.5 cm³/mol. The molecule has 1 heterocycles. The molecular weight excluding hydrogens is 379 g/mol. The summed E-state index contributed by atoms with van der Waals surface area (Å²) in [6, 6.07) is 5.45. The normalized spacial score (nSPS) is 19.6. The molecule has 118 valence electrons. The van der Waals surface area contributed by atoms with Crippen molar-refractivity contribution in [3.05, 3.63) is 27.7 Å². The van der Waals surface area contributed by atoms with Gasteiger partial charge in [0.15, 0.2) is 6.10 Å². The van der Waals surface area contributed by atoms with Crippen LogP contribution >= 0.6 is 39.9 Å². The van der Waals surface area contributed by atoms with Gasteiger partial charge in [0, 0.05) is 30.7 Å². The van der Waals surface area contributed by atoms with Crippen LogP contribution < -0.4 is 10.1 Å². The van der Waals surface area contributed by atoms with E-state index in [2.05, 4.69) is 21.2 Å². The number of benzene rings is 1. The number of amides is 1. The van der Waals surface area contributed by atoms with E-state index < -0.39 is 6.10 Å². The standard InChI is InChI=1S/C14H18BrClN2O2.ClH/c1-9-8-17-5-6-18(9)14(19)10(2)20-13-4-3-11(16)7-12(13)15;/h3-4,7,9-10,17H,5-6,8H2,1-2H3;1H/t9-,10?;/m0./s1. The molecule has 4 nitrogen and oxygen atoms in total. The Hall–Kier alpha value is -0.490. The number of nitrogens with one attached hydrogen (secondary N) is 1. The zero-order valence-electron chi connectivity index (χ0n) is 11.9. The van der Waals surface area contributed by atoms with Crippen molar-refractivity contribution in [3.8, 4) is 5.75 Å². The molecule has 7 heteroatoms. The van der Waals surface area contributed by atoms with Gasteiger partial charge in [-0.2, -0.15) is 0 Å². The lowest BCUT2D eigenvalue weighted by Gasteiger charge is -2.35. The topological polar surface area (TPSA) is 41.6 Å². The maximum Gasteiger partial charge on any atom is 0.263 e. The van der Waals surface area contributed by atoms with Gasteiger partial charge in [0.1, 0.15) is 5.75 Å². The van der Waals surface area contributed by atoms with Crippen LogP contribution in [0.4, 0.5) is 0 Å². The van der Waals surface area contributed by atoms with E-state index in [1.54, 1.807) is 25.1 Å². The summed E-state index contributed by atoms with van der Waals surface area (Å²) in [4.78, 5) is 14.3. The number of hydrogen-bond acceptors (Lipinski definition) is 3. The van der Waals surface area contributed by atoms with Crippen LogP contribution in [0.2, 0.25) is 5.02 Å². The summed E-state index contributed by atoms with van der Waals surface area (Å²) < 4.78 is 6.49. The molecule has 0 saturated carbocycles. The van der Waals surface area contributed by atoms with Gasteiger partial charge in [-0.15, -0.1) is 12.4 Å². The monoisotopic (exact) mass is 396 g/mol. The fourth-order valence-corrected chi connectivity index (χ4v) is 2.99. The van der Waals surface area contributed by atoms with Crippen molar-refractivity contribution in [1.82, 2.24) is 10.2 Å². The summed E-state index contributed by atoms with van der Waals surface area (Å²) in [5, 5.41) is 3.89. The molecule has 1 saturated heterocycles. The van der Waals surface area contributed by atoms with E-state index in [-0.39, 0.29) is 24.4 Å². The molecule has 0 radical (unpaired) electrons. The van der Waals surface area contributed by atoms with E-state index in [9.17, 15) is 4.79 Å². The maximum absolute atomic E-state index is 12.4. The van der Waals surface area contributed by atoms with E-state index in [4.69, 9.17) is 16.3 Å². The molecule has 1 aliphatic heterocycles. The van der Waals surface area contributed by atoms with Crippen LogP contribution in [0.1, 0.15) is 13.8 Å². The molecule has 2 atom stereocenters. The molecule has 1 aromatic rings. The third-order valence-corrected chi connectivity index (χ3v) is 4.18. The van der Waals surface area contributed by atoms with E-state index in [0.29, 0.717) is 10.8 Å². The molecule has 1 unspecified atom stereocenters. The molecule has 1 amide bonds. The second-order valence-corrected chi connectivity index (χ2v) is 6.21. The van der Waals surface area contributed by atoms with E-state index >= 15 is 0 Å². The number of piperazine rings is 1. The van der Waals surface area contributed by atoms with Crippen LogP contribution in [-0.4, -0.2) is 42.6 Å². The highest BCUT2D eigenvalue weighted by Crippen LogP contribution is 2.29. The Labute approximate surface area is 144 Å². The second kappa shape index (κ2) is 8.22. The van der Waals surface area contributed by atoms with Crippen molar-refractivity contribution >= 4 is 45.8 Å². The van der Waals surface area contributed by atoms with Crippen LogP contribution in [0, 0.1) is 0 Å². The number of nitrogens with zero attached hydrogens (tertiary/aromatic N) is 1. The summed E-state index contributed by atoms with van der Waals surface area (Å²) >= 11 is 9.28. The Morgan fingerprint density at radius 2 is 2.29 bits per heavy atom. The molecular formula is C14H19BrCl2N2O2. The molecule has 0 bridgehead atoms. The highest BCUT2D eigenvalue weighted by atomic mass is 79.9. The molecule has 0 aromatic heterocycles. The van der Waals surface area contributed by atoms with Crippen molar-refractivity contribution < 1.29 is 9.53 Å². The lowest BCUT2D eigenvalue weighted by Crippen LogP contribution is -2.55. The van der Waals surface area contributed by atoms with Crippen molar-refractivity contribution in [2.24, 2.45) is 0 Å². The summed E-state index contributed by atoms with van der Waals surface area (Å²) in [6.07, 6.45) is -0.520. The van der Waals surface area contributed by atoms with Crippen LogP contribution in [0.15, 0.2) is 22.7 Å². The van der Waals surface area contributed by atoms with E-state index in [0.717, 1.165) is 24.1 Å². The third kappa shape index (κ3) is 4.74. The van der Waals surface area contributed by atoms with Crippen molar-refractivity contribution in [2.45, 2.75) is 26.0 Å². The van der Waals surface area contributed by atoms with E-state index in [1.807, 2.05) is 11.8 Å². The number of rotatable bonds is 3. The fourth-order valence-electron chi connectivity index (χ4n) is 2.21. The van der Waals surface area contributed by atoms with Gasteiger partial charge < -0.3 is 15.0 Å². The van der Waals surface area contributed by atoms with Crippen molar-refractivity contribution in [2.75, 3.05) is 19.6 Å².